The quantitative estimate of drug-likeness (QED) is 0.555. The van der Waals surface area contributed by atoms with Gasteiger partial charge in [0.15, 0.2) is 0 Å². The van der Waals surface area contributed by atoms with Crippen LogP contribution in [0, 0.1) is 11.3 Å². The van der Waals surface area contributed by atoms with E-state index < -0.39 is 21.7 Å². The summed E-state index contributed by atoms with van der Waals surface area (Å²) < 4.78 is 21.3. The van der Waals surface area contributed by atoms with Crippen LogP contribution in [-0.2, 0) is 20.5 Å². The molecule has 1 unspecified atom stereocenters. The lowest BCUT2D eigenvalue weighted by Crippen LogP contribution is -2.30. The van der Waals surface area contributed by atoms with Crippen LogP contribution in [0.2, 0.25) is 0 Å². The molecule has 1 atom stereocenters. The Balaban J connectivity index is 2.96. The van der Waals surface area contributed by atoms with Crippen molar-refractivity contribution in [3.05, 3.63) is 0 Å². The smallest absolute Gasteiger partial charge is 0.353 e. The van der Waals surface area contributed by atoms with Crippen molar-refractivity contribution >= 4 is 22.7 Å². The normalized spacial score (nSPS) is 18.8. The lowest BCUT2D eigenvalue weighted by atomic mass is 9.82. The summed E-state index contributed by atoms with van der Waals surface area (Å²) in [5.41, 5.74) is 0.311. The van der Waals surface area contributed by atoms with Crippen LogP contribution in [0.15, 0.2) is 4.40 Å². The van der Waals surface area contributed by atoms with Gasteiger partial charge >= 0.3 is 5.97 Å². The van der Waals surface area contributed by atoms with Gasteiger partial charge in [-0.15, -0.1) is 0 Å². The maximum atomic E-state index is 12.3. The molecule has 5 heteroatoms. The average molecular weight is 315 g/mol. The van der Waals surface area contributed by atoms with Crippen molar-refractivity contribution in [1.82, 2.24) is 0 Å². The van der Waals surface area contributed by atoms with Gasteiger partial charge in [0.05, 0.1) is 10.9 Å². The van der Waals surface area contributed by atoms with Gasteiger partial charge in [-0.2, -0.15) is 4.40 Å². The maximum absolute atomic E-state index is 12.3. The van der Waals surface area contributed by atoms with Crippen molar-refractivity contribution in [2.75, 3.05) is 0 Å². The first-order chi connectivity index (χ1) is 9.43. The molecule has 1 saturated carbocycles. The molecule has 4 nitrogen and oxygen atoms in total. The fourth-order valence-electron chi connectivity index (χ4n) is 2.10. The molecule has 0 aromatic rings. The highest BCUT2D eigenvalue weighted by Crippen LogP contribution is 2.47. The molecule has 0 aliphatic heterocycles. The second kappa shape index (κ2) is 6.59. The Bertz CT molecular complexity index is 443. The zero-order valence-corrected chi connectivity index (χ0v) is 15.2. The van der Waals surface area contributed by atoms with Gasteiger partial charge in [-0.3, -0.25) is 0 Å². The molecule has 0 N–H and O–H groups in total. The predicted molar refractivity (Wildman–Crippen MR) is 87.7 cm³/mol. The van der Waals surface area contributed by atoms with E-state index in [0.29, 0.717) is 18.1 Å². The first-order valence-corrected chi connectivity index (χ1v) is 8.74. The number of carbonyl (C=O) groups is 1. The molecule has 21 heavy (non-hydrogen) atoms. The Morgan fingerprint density at radius 1 is 1.24 bits per heavy atom. The van der Waals surface area contributed by atoms with Gasteiger partial charge in [0.25, 0.3) is 0 Å². The first-order valence-electron chi connectivity index (χ1n) is 7.64. The summed E-state index contributed by atoms with van der Waals surface area (Å²) in [7, 11) is -1.44. The Kier molecular flexibility index (Phi) is 5.76. The molecule has 0 radical (unpaired) electrons. The minimum absolute atomic E-state index is 0.00306. The fraction of sp³-hybridized carbons (Fsp3) is 0.875. The van der Waals surface area contributed by atoms with Crippen LogP contribution in [-0.4, -0.2) is 26.7 Å². The van der Waals surface area contributed by atoms with Gasteiger partial charge in [0.1, 0.15) is 16.7 Å². The van der Waals surface area contributed by atoms with E-state index in [1.165, 1.54) is 12.8 Å². The molecule has 0 aromatic carbocycles. The molecule has 1 aliphatic carbocycles. The van der Waals surface area contributed by atoms with E-state index in [9.17, 15) is 9.00 Å². The second-order valence-electron chi connectivity index (χ2n) is 7.79. The molecule has 1 fully saturated rings. The molecule has 0 bridgehead atoms. The Morgan fingerprint density at radius 2 is 1.76 bits per heavy atom. The Labute approximate surface area is 131 Å². The highest BCUT2D eigenvalue weighted by Gasteiger charge is 2.40. The van der Waals surface area contributed by atoms with Gasteiger partial charge in [0, 0.05) is 6.42 Å². The number of rotatable bonds is 6. The van der Waals surface area contributed by atoms with Crippen LogP contribution >= 0.6 is 0 Å². The number of hydrogen-bond acceptors (Lipinski definition) is 3. The molecule has 0 aromatic heterocycles. The van der Waals surface area contributed by atoms with Crippen molar-refractivity contribution < 1.29 is 13.7 Å². The minimum Gasteiger partial charge on any atom is -0.458 e. The van der Waals surface area contributed by atoms with E-state index in [-0.39, 0.29) is 11.5 Å². The summed E-state index contributed by atoms with van der Waals surface area (Å²) in [6, 6.07) is 0. The SMILES string of the molecule is CC(C)OC(=O)C(CC(C)(C)C1CC1)=NS(=O)C(C)(C)C. The Hall–Kier alpha value is -0.710. The monoisotopic (exact) mass is 315 g/mol. The van der Waals surface area contributed by atoms with Crippen LogP contribution in [0.4, 0.5) is 0 Å². The summed E-state index contributed by atoms with van der Waals surface area (Å²) in [4.78, 5) is 12.2. The highest BCUT2D eigenvalue weighted by molar-refractivity contribution is 7.85. The zero-order valence-electron chi connectivity index (χ0n) is 14.4. The fourth-order valence-corrected chi connectivity index (χ4v) is 2.71. The third kappa shape index (κ3) is 5.89. The van der Waals surface area contributed by atoms with Crippen molar-refractivity contribution in [3.63, 3.8) is 0 Å². The van der Waals surface area contributed by atoms with Crippen molar-refractivity contribution in [3.8, 4) is 0 Å². The predicted octanol–water partition coefficient (Wildman–Crippen LogP) is 3.67. The largest absolute Gasteiger partial charge is 0.458 e. The lowest BCUT2D eigenvalue weighted by molar-refractivity contribution is -0.139. The molecule has 0 saturated heterocycles. The number of carbonyl (C=O) groups excluding carboxylic acids is 1. The number of ether oxygens (including phenoxy) is 1. The van der Waals surface area contributed by atoms with Crippen molar-refractivity contribution in [2.45, 2.75) is 78.6 Å². The third-order valence-electron chi connectivity index (χ3n) is 3.60. The Morgan fingerprint density at radius 3 is 2.14 bits per heavy atom. The van der Waals surface area contributed by atoms with Crippen molar-refractivity contribution in [1.29, 1.82) is 0 Å². The van der Waals surface area contributed by atoms with Crippen LogP contribution in [0.5, 0.6) is 0 Å². The van der Waals surface area contributed by atoms with Gasteiger partial charge in [-0.25, -0.2) is 9.00 Å². The maximum Gasteiger partial charge on any atom is 0.353 e. The molecule has 0 spiro atoms. The summed E-state index contributed by atoms with van der Waals surface area (Å²) in [6.07, 6.45) is 2.71. The molecular weight excluding hydrogens is 286 g/mol. The third-order valence-corrected chi connectivity index (χ3v) is 5.03. The van der Waals surface area contributed by atoms with Gasteiger partial charge in [-0.05, 0) is 58.8 Å². The highest BCUT2D eigenvalue weighted by atomic mass is 32.2. The van der Waals surface area contributed by atoms with E-state index in [4.69, 9.17) is 4.74 Å². The molecular formula is C16H29NO3S. The number of esters is 1. The van der Waals surface area contributed by atoms with Crippen LogP contribution in [0.25, 0.3) is 0 Å². The van der Waals surface area contributed by atoms with Crippen LogP contribution in [0.1, 0.15) is 67.7 Å². The zero-order chi connectivity index (χ0) is 16.4. The first kappa shape index (κ1) is 18.3. The standard InChI is InChI=1S/C16H29NO3S/c1-11(2)20-14(18)13(17-21(19)15(3,4)5)10-16(6,7)12-8-9-12/h11-12H,8-10H2,1-7H3. The van der Waals surface area contributed by atoms with Crippen LogP contribution in [0.3, 0.4) is 0 Å². The van der Waals surface area contributed by atoms with E-state index >= 15 is 0 Å². The summed E-state index contributed by atoms with van der Waals surface area (Å²) in [5.74, 6) is 0.189. The second-order valence-corrected chi connectivity index (χ2v) is 9.70. The van der Waals surface area contributed by atoms with Gasteiger partial charge < -0.3 is 4.74 Å². The summed E-state index contributed by atoms with van der Waals surface area (Å²) in [6.45, 7) is 13.5. The van der Waals surface area contributed by atoms with Crippen molar-refractivity contribution in [2.24, 2.45) is 15.7 Å². The lowest BCUT2D eigenvalue weighted by Gasteiger charge is -2.25. The van der Waals surface area contributed by atoms with E-state index in [1.807, 2.05) is 34.6 Å². The van der Waals surface area contributed by atoms with E-state index in [0.717, 1.165) is 0 Å². The topological polar surface area (TPSA) is 55.7 Å². The number of nitrogens with zero attached hydrogens (tertiary/aromatic N) is 1. The molecule has 122 valence electrons. The van der Waals surface area contributed by atoms with Gasteiger partial charge in [-0.1, -0.05) is 13.8 Å². The summed E-state index contributed by atoms with van der Waals surface area (Å²) >= 11 is 0. The van der Waals surface area contributed by atoms with E-state index in [2.05, 4.69) is 18.2 Å². The van der Waals surface area contributed by atoms with E-state index in [1.54, 1.807) is 0 Å². The summed E-state index contributed by atoms with van der Waals surface area (Å²) in [5, 5.41) is 0. The molecule has 0 amide bonds. The molecule has 0 heterocycles. The average Bonchev–Trinajstić information content (AvgIpc) is 3.08. The number of hydrogen-bond donors (Lipinski definition) is 0. The molecule has 1 rings (SSSR count). The minimum atomic E-state index is -1.44. The van der Waals surface area contributed by atoms with Gasteiger partial charge in [0.2, 0.25) is 0 Å². The van der Waals surface area contributed by atoms with Crippen LogP contribution < -0.4 is 0 Å². The molecule has 1 aliphatic rings.